The zero-order valence-electron chi connectivity index (χ0n) is 15.6. The number of rotatable bonds is 7. The van der Waals surface area contributed by atoms with Gasteiger partial charge in [-0.3, -0.25) is 4.79 Å². The molecule has 0 fully saturated rings. The van der Waals surface area contributed by atoms with Crippen LogP contribution in [0, 0.1) is 0 Å². The van der Waals surface area contributed by atoms with Crippen LogP contribution in [-0.2, 0) is 6.61 Å². The molecule has 3 rings (SSSR count). The fourth-order valence-electron chi connectivity index (χ4n) is 2.59. The minimum Gasteiger partial charge on any atom is -0.493 e. The Morgan fingerprint density at radius 2 is 1.93 bits per heavy atom. The highest BCUT2D eigenvalue weighted by Crippen LogP contribution is 2.31. The molecular formula is C22H18BrClN2O3. The summed E-state index contributed by atoms with van der Waals surface area (Å²) in [6.45, 7) is 0.312. The number of ether oxygens (including phenoxy) is 2. The molecule has 0 radical (unpaired) electrons. The van der Waals surface area contributed by atoms with Crippen molar-refractivity contribution in [3.05, 3.63) is 92.9 Å². The molecule has 0 aromatic heterocycles. The highest BCUT2D eigenvalue weighted by atomic mass is 79.9. The van der Waals surface area contributed by atoms with Crippen LogP contribution in [0.4, 0.5) is 0 Å². The van der Waals surface area contributed by atoms with Gasteiger partial charge in [0.05, 0.1) is 13.3 Å². The van der Waals surface area contributed by atoms with Gasteiger partial charge in [-0.15, -0.1) is 0 Å². The van der Waals surface area contributed by atoms with Gasteiger partial charge in [-0.25, -0.2) is 5.43 Å². The Hall–Kier alpha value is -2.83. The maximum Gasteiger partial charge on any atom is 0.271 e. The van der Waals surface area contributed by atoms with E-state index in [2.05, 4.69) is 26.5 Å². The predicted molar refractivity (Wildman–Crippen MR) is 118 cm³/mol. The van der Waals surface area contributed by atoms with Gasteiger partial charge in [0.2, 0.25) is 0 Å². The third kappa shape index (κ3) is 5.82. The number of carbonyl (C=O) groups is 1. The maximum absolute atomic E-state index is 12.2. The minimum atomic E-state index is -0.313. The number of nitrogens with one attached hydrogen (secondary N) is 1. The molecule has 148 valence electrons. The number of benzene rings is 3. The molecule has 3 aromatic rings. The molecule has 1 amide bonds. The number of hydrogen-bond donors (Lipinski definition) is 1. The van der Waals surface area contributed by atoms with Crippen molar-refractivity contribution in [3.63, 3.8) is 0 Å². The molecule has 0 bridgehead atoms. The molecule has 0 aliphatic carbocycles. The van der Waals surface area contributed by atoms with Crippen LogP contribution >= 0.6 is 27.5 Å². The molecule has 0 saturated heterocycles. The average Bonchev–Trinajstić information content (AvgIpc) is 2.72. The monoisotopic (exact) mass is 472 g/mol. The SMILES string of the molecule is COc1cccc(/C=N\NC(=O)c2cccc(Br)c2)c1OCc1cccc(Cl)c1. The Balaban J connectivity index is 1.74. The lowest BCUT2D eigenvalue weighted by molar-refractivity contribution is 0.0955. The Bertz CT molecular complexity index is 1040. The van der Waals surface area contributed by atoms with Crippen LogP contribution < -0.4 is 14.9 Å². The number of nitrogens with zero attached hydrogens (tertiary/aromatic N) is 1. The Kier molecular flexibility index (Phi) is 7.27. The molecular weight excluding hydrogens is 456 g/mol. The van der Waals surface area contributed by atoms with Crippen molar-refractivity contribution in [1.29, 1.82) is 0 Å². The van der Waals surface area contributed by atoms with Crippen LogP contribution in [0.1, 0.15) is 21.5 Å². The van der Waals surface area contributed by atoms with E-state index < -0.39 is 0 Å². The Morgan fingerprint density at radius 1 is 1.14 bits per heavy atom. The second-order valence-corrected chi connectivity index (χ2v) is 7.36. The number of hydrazone groups is 1. The molecule has 0 heterocycles. The zero-order valence-corrected chi connectivity index (χ0v) is 17.9. The maximum atomic E-state index is 12.2. The van der Waals surface area contributed by atoms with Crippen molar-refractivity contribution in [1.82, 2.24) is 5.43 Å². The van der Waals surface area contributed by atoms with E-state index in [4.69, 9.17) is 21.1 Å². The quantitative estimate of drug-likeness (QED) is 0.366. The average molecular weight is 474 g/mol. The standard InChI is InChI=1S/C22H18BrClN2O3/c1-28-20-10-4-7-17(21(20)29-14-15-5-2-9-19(24)11-15)13-25-26-22(27)16-6-3-8-18(23)12-16/h2-13H,14H2,1H3,(H,26,27)/b25-13-. The first kappa shape index (κ1) is 20.9. The van der Waals surface area contributed by atoms with E-state index in [0.717, 1.165) is 10.0 Å². The fraction of sp³-hybridized carbons (Fsp3) is 0.0909. The van der Waals surface area contributed by atoms with Crippen molar-refractivity contribution in [3.8, 4) is 11.5 Å². The molecule has 0 aliphatic heterocycles. The number of para-hydroxylation sites is 1. The van der Waals surface area contributed by atoms with Gasteiger partial charge in [0, 0.05) is 20.6 Å². The lowest BCUT2D eigenvalue weighted by atomic mass is 10.2. The third-order valence-corrected chi connectivity index (χ3v) is 4.69. The van der Waals surface area contributed by atoms with Crippen LogP contribution in [0.2, 0.25) is 5.02 Å². The summed E-state index contributed by atoms with van der Waals surface area (Å²) in [4.78, 5) is 12.2. The van der Waals surface area contributed by atoms with Gasteiger partial charge in [-0.05, 0) is 48.0 Å². The first-order valence-electron chi connectivity index (χ1n) is 8.70. The van der Waals surface area contributed by atoms with Crippen molar-refractivity contribution >= 4 is 39.7 Å². The number of amides is 1. The summed E-state index contributed by atoms with van der Waals surface area (Å²) in [5.74, 6) is 0.775. The summed E-state index contributed by atoms with van der Waals surface area (Å²) < 4.78 is 12.2. The van der Waals surface area contributed by atoms with Gasteiger partial charge in [0.1, 0.15) is 6.61 Å². The highest BCUT2D eigenvalue weighted by Gasteiger charge is 2.10. The molecule has 3 aromatic carbocycles. The largest absolute Gasteiger partial charge is 0.493 e. The van der Waals surface area contributed by atoms with Crippen LogP contribution in [-0.4, -0.2) is 19.2 Å². The first-order valence-corrected chi connectivity index (χ1v) is 9.87. The Labute approximate surface area is 182 Å². The van der Waals surface area contributed by atoms with E-state index in [1.165, 1.54) is 6.21 Å². The van der Waals surface area contributed by atoms with Gasteiger partial charge < -0.3 is 9.47 Å². The van der Waals surface area contributed by atoms with Gasteiger partial charge in [-0.2, -0.15) is 5.10 Å². The summed E-state index contributed by atoms with van der Waals surface area (Å²) in [6, 6.07) is 19.9. The van der Waals surface area contributed by atoms with Crippen LogP contribution in [0.25, 0.3) is 0 Å². The summed E-state index contributed by atoms with van der Waals surface area (Å²) in [5, 5.41) is 4.70. The van der Waals surface area contributed by atoms with Crippen molar-refractivity contribution in [2.45, 2.75) is 6.61 Å². The fourth-order valence-corrected chi connectivity index (χ4v) is 3.20. The van der Waals surface area contributed by atoms with E-state index >= 15 is 0 Å². The van der Waals surface area contributed by atoms with E-state index in [-0.39, 0.29) is 5.91 Å². The van der Waals surface area contributed by atoms with Gasteiger partial charge in [-0.1, -0.05) is 51.8 Å². The molecule has 1 N–H and O–H groups in total. The lowest BCUT2D eigenvalue weighted by Gasteiger charge is -2.13. The molecule has 0 saturated carbocycles. The number of methoxy groups -OCH3 is 1. The van der Waals surface area contributed by atoms with E-state index in [9.17, 15) is 4.79 Å². The number of hydrogen-bond acceptors (Lipinski definition) is 4. The normalized spacial score (nSPS) is 10.7. The smallest absolute Gasteiger partial charge is 0.271 e. The topological polar surface area (TPSA) is 59.9 Å². The Morgan fingerprint density at radius 3 is 2.69 bits per heavy atom. The lowest BCUT2D eigenvalue weighted by Crippen LogP contribution is -2.17. The van der Waals surface area contributed by atoms with E-state index in [0.29, 0.717) is 34.3 Å². The van der Waals surface area contributed by atoms with Crippen molar-refractivity contribution in [2.24, 2.45) is 5.10 Å². The second-order valence-electron chi connectivity index (χ2n) is 6.01. The summed E-state index contributed by atoms with van der Waals surface area (Å²) in [7, 11) is 1.57. The molecule has 0 aliphatic rings. The van der Waals surface area contributed by atoms with E-state index in [1.54, 1.807) is 37.4 Å². The molecule has 5 nitrogen and oxygen atoms in total. The second kappa shape index (κ2) is 10.1. The molecule has 0 unspecified atom stereocenters. The first-order chi connectivity index (χ1) is 14.1. The summed E-state index contributed by atoms with van der Waals surface area (Å²) in [6.07, 6.45) is 1.52. The van der Waals surface area contributed by atoms with Gasteiger partial charge in [0.15, 0.2) is 11.5 Å². The molecule has 7 heteroatoms. The van der Waals surface area contributed by atoms with Crippen molar-refractivity contribution in [2.75, 3.05) is 7.11 Å². The van der Waals surface area contributed by atoms with Crippen LogP contribution in [0.15, 0.2) is 76.3 Å². The summed E-state index contributed by atoms with van der Waals surface area (Å²) >= 11 is 9.37. The van der Waals surface area contributed by atoms with Crippen molar-refractivity contribution < 1.29 is 14.3 Å². The van der Waals surface area contributed by atoms with Gasteiger partial charge >= 0.3 is 0 Å². The zero-order chi connectivity index (χ0) is 20.6. The summed E-state index contributed by atoms with van der Waals surface area (Å²) in [5.41, 5.74) is 4.61. The number of halogens is 2. The number of carbonyl (C=O) groups excluding carboxylic acids is 1. The molecule has 0 spiro atoms. The van der Waals surface area contributed by atoms with Crippen LogP contribution in [0.3, 0.4) is 0 Å². The highest BCUT2D eigenvalue weighted by molar-refractivity contribution is 9.10. The third-order valence-electron chi connectivity index (χ3n) is 3.96. The minimum absolute atomic E-state index is 0.312. The van der Waals surface area contributed by atoms with Gasteiger partial charge in [0.25, 0.3) is 5.91 Å². The molecule has 0 atom stereocenters. The van der Waals surface area contributed by atoms with Crippen LogP contribution in [0.5, 0.6) is 11.5 Å². The predicted octanol–water partition coefficient (Wildman–Crippen LogP) is 5.45. The van der Waals surface area contributed by atoms with E-state index in [1.807, 2.05) is 36.4 Å². The molecule has 29 heavy (non-hydrogen) atoms.